The highest BCUT2D eigenvalue weighted by Crippen LogP contribution is 2.51. The second-order valence-electron chi connectivity index (χ2n) is 6.82. The zero-order valence-corrected chi connectivity index (χ0v) is 14.3. The van der Waals surface area contributed by atoms with Gasteiger partial charge in [-0.3, -0.25) is 4.79 Å². The number of ether oxygens (including phenoxy) is 1. The quantitative estimate of drug-likeness (QED) is 0.545. The monoisotopic (exact) mass is 348 g/mol. The summed E-state index contributed by atoms with van der Waals surface area (Å²) in [4.78, 5) is 12.0. The fraction of sp³-hybridized carbons (Fsp3) is 0.933. The minimum Gasteiger partial charge on any atom is -0.453 e. The van der Waals surface area contributed by atoms with Crippen LogP contribution in [0, 0.1) is 5.41 Å². The number of esters is 1. The van der Waals surface area contributed by atoms with E-state index in [-0.39, 0.29) is 12.8 Å². The molecule has 0 spiro atoms. The second-order valence-corrected chi connectivity index (χ2v) is 6.82. The Bertz CT molecular complexity index is 429. The van der Waals surface area contributed by atoms with Crippen LogP contribution in [0.15, 0.2) is 0 Å². The van der Waals surface area contributed by atoms with Crippen molar-refractivity contribution in [3.8, 4) is 0 Å². The number of halogens is 5. The van der Waals surface area contributed by atoms with Crippen LogP contribution < -0.4 is 0 Å². The van der Waals surface area contributed by atoms with Gasteiger partial charge in [-0.25, -0.2) is 0 Å². The standard InChI is InChI=1S/C15H25F5O3/c1-7-9-13(22,15(18,19)20)14(16,17)12(5,6)23-10(21)11(3,4)8-2/h22H,7-9H2,1-6H3. The number of hydrogen-bond acceptors (Lipinski definition) is 3. The minimum atomic E-state index is -5.57. The molecule has 0 fully saturated rings. The molecule has 3 nitrogen and oxygen atoms in total. The first-order valence-corrected chi connectivity index (χ1v) is 7.40. The summed E-state index contributed by atoms with van der Waals surface area (Å²) in [6.07, 6.45) is -6.85. The maximum Gasteiger partial charge on any atom is 0.423 e. The van der Waals surface area contributed by atoms with Crippen LogP contribution in [0.2, 0.25) is 0 Å². The molecule has 0 bridgehead atoms. The van der Waals surface area contributed by atoms with Gasteiger partial charge in [0.25, 0.3) is 0 Å². The van der Waals surface area contributed by atoms with E-state index in [1.165, 1.54) is 20.8 Å². The van der Waals surface area contributed by atoms with Gasteiger partial charge in [0.2, 0.25) is 5.60 Å². The Hall–Kier alpha value is -0.920. The van der Waals surface area contributed by atoms with E-state index in [1.54, 1.807) is 6.92 Å². The van der Waals surface area contributed by atoms with Crippen LogP contribution in [0.25, 0.3) is 0 Å². The predicted octanol–water partition coefficient (Wildman–Crippen LogP) is 4.47. The summed E-state index contributed by atoms with van der Waals surface area (Å²) in [5.74, 6) is -5.78. The molecule has 0 saturated heterocycles. The van der Waals surface area contributed by atoms with Crippen LogP contribution in [0.3, 0.4) is 0 Å². The zero-order chi connectivity index (χ0) is 18.9. The van der Waals surface area contributed by atoms with E-state index in [9.17, 15) is 31.9 Å². The highest BCUT2D eigenvalue weighted by Gasteiger charge is 2.74. The van der Waals surface area contributed by atoms with E-state index in [0.717, 1.165) is 0 Å². The third-order valence-electron chi connectivity index (χ3n) is 4.14. The third-order valence-corrected chi connectivity index (χ3v) is 4.14. The fourth-order valence-corrected chi connectivity index (χ4v) is 1.91. The lowest BCUT2D eigenvalue weighted by Gasteiger charge is -2.45. The van der Waals surface area contributed by atoms with E-state index >= 15 is 0 Å². The van der Waals surface area contributed by atoms with E-state index < -0.39 is 41.1 Å². The lowest BCUT2D eigenvalue weighted by atomic mass is 9.80. The van der Waals surface area contributed by atoms with Crippen molar-refractivity contribution < 1.29 is 36.6 Å². The molecule has 138 valence electrons. The number of carbonyl (C=O) groups excluding carboxylic acids is 1. The van der Waals surface area contributed by atoms with Crippen molar-refractivity contribution >= 4 is 5.97 Å². The Morgan fingerprint density at radius 1 is 1.00 bits per heavy atom. The van der Waals surface area contributed by atoms with Crippen LogP contribution in [-0.2, 0) is 9.53 Å². The van der Waals surface area contributed by atoms with Gasteiger partial charge >= 0.3 is 18.1 Å². The van der Waals surface area contributed by atoms with Crippen LogP contribution in [0.1, 0.15) is 60.8 Å². The Labute approximate surface area is 133 Å². The molecule has 23 heavy (non-hydrogen) atoms. The topological polar surface area (TPSA) is 46.5 Å². The molecule has 0 radical (unpaired) electrons. The number of aliphatic hydroxyl groups is 1. The van der Waals surface area contributed by atoms with Gasteiger partial charge < -0.3 is 9.84 Å². The van der Waals surface area contributed by atoms with Gasteiger partial charge in [0, 0.05) is 0 Å². The summed E-state index contributed by atoms with van der Waals surface area (Å²) in [5, 5.41) is 9.72. The molecule has 0 aliphatic carbocycles. The first-order valence-electron chi connectivity index (χ1n) is 7.40. The third kappa shape index (κ3) is 3.95. The van der Waals surface area contributed by atoms with Crippen LogP contribution >= 0.6 is 0 Å². The van der Waals surface area contributed by atoms with E-state index in [1.807, 2.05) is 0 Å². The molecule has 0 aliphatic rings. The molecule has 0 aliphatic heterocycles. The average Bonchev–Trinajstić information content (AvgIpc) is 2.36. The lowest BCUT2D eigenvalue weighted by molar-refractivity contribution is -0.366. The largest absolute Gasteiger partial charge is 0.453 e. The van der Waals surface area contributed by atoms with Gasteiger partial charge in [-0.2, -0.15) is 22.0 Å². The van der Waals surface area contributed by atoms with Crippen LogP contribution in [-0.4, -0.2) is 34.4 Å². The predicted molar refractivity (Wildman–Crippen MR) is 75.1 cm³/mol. The first kappa shape index (κ1) is 22.1. The molecule has 0 saturated carbocycles. The summed E-state index contributed by atoms with van der Waals surface area (Å²) in [7, 11) is 0. The van der Waals surface area contributed by atoms with Gasteiger partial charge in [0.15, 0.2) is 5.60 Å². The molecule has 0 aromatic rings. The zero-order valence-electron chi connectivity index (χ0n) is 14.3. The summed E-state index contributed by atoms with van der Waals surface area (Å²) in [5.41, 5.74) is -8.25. The summed E-state index contributed by atoms with van der Waals surface area (Å²) >= 11 is 0. The number of hydrogen-bond donors (Lipinski definition) is 1. The molecule has 0 heterocycles. The molecule has 1 N–H and O–H groups in total. The Kier molecular flexibility index (Phi) is 6.27. The first-order chi connectivity index (χ1) is 10.00. The van der Waals surface area contributed by atoms with Gasteiger partial charge in [0.05, 0.1) is 5.41 Å². The highest BCUT2D eigenvalue weighted by atomic mass is 19.4. The molecule has 0 aromatic carbocycles. The minimum absolute atomic E-state index is 0.256. The molecular formula is C15H25F5O3. The highest BCUT2D eigenvalue weighted by molar-refractivity contribution is 5.76. The van der Waals surface area contributed by atoms with E-state index in [2.05, 4.69) is 0 Å². The SMILES string of the molecule is CCCC(O)(C(F)(F)F)C(F)(F)C(C)(C)OC(=O)C(C)(C)CC. The summed E-state index contributed by atoms with van der Waals surface area (Å²) in [6, 6.07) is 0. The molecule has 0 rings (SSSR count). The van der Waals surface area contributed by atoms with E-state index in [0.29, 0.717) is 13.8 Å². The summed E-state index contributed by atoms with van der Waals surface area (Å²) < 4.78 is 73.0. The molecule has 0 amide bonds. The molecule has 1 atom stereocenters. The summed E-state index contributed by atoms with van der Waals surface area (Å²) in [6.45, 7) is 7.07. The smallest absolute Gasteiger partial charge is 0.423 e. The number of carbonyl (C=O) groups is 1. The van der Waals surface area contributed by atoms with Crippen LogP contribution in [0.4, 0.5) is 22.0 Å². The van der Waals surface area contributed by atoms with Gasteiger partial charge in [-0.15, -0.1) is 0 Å². The average molecular weight is 348 g/mol. The molecule has 8 heteroatoms. The van der Waals surface area contributed by atoms with Crippen molar-refractivity contribution in [2.24, 2.45) is 5.41 Å². The second kappa shape index (κ2) is 6.53. The van der Waals surface area contributed by atoms with Crippen molar-refractivity contribution in [3.63, 3.8) is 0 Å². The number of alkyl halides is 5. The van der Waals surface area contributed by atoms with Gasteiger partial charge in [0.1, 0.15) is 0 Å². The molecule has 1 unspecified atom stereocenters. The Morgan fingerprint density at radius 3 is 1.74 bits per heavy atom. The normalized spacial score (nSPS) is 16.9. The molecular weight excluding hydrogens is 323 g/mol. The van der Waals surface area contributed by atoms with Gasteiger partial charge in [-0.1, -0.05) is 20.3 Å². The van der Waals surface area contributed by atoms with Crippen molar-refractivity contribution in [3.05, 3.63) is 0 Å². The maximum absolute atomic E-state index is 14.5. The van der Waals surface area contributed by atoms with Crippen LogP contribution in [0.5, 0.6) is 0 Å². The molecule has 0 aromatic heterocycles. The maximum atomic E-state index is 14.5. The number of rotatable bonds is 7. The van der Waals surface area contributed by atoms with Crippen molar-refractivity contribution in [1.29, 1.82) is 0 Å². The van der Waals surface area contributed by atoms with Gasteiger partial charge in [-0.05, 0) is 40.5 Å². The van der Waals surface area contributed by atoms with E-state index in [4.69, 9.17) is 4.74 Å². The van der Waals surface area contributed by atoms with Crippen molar-refractivity contribution in [2.45, 2.75) is 84.1 Å². The van der Waals surface area contributed by atoms with Crippen molar-refractivity contribution in [1.82, 2.24) is 0 Å². The Balaban J connectivity index is 5.81. The van der Waals surface area contributed by atoms with Crippen molar-refractivity contribution in [2.75, 3.05) is 0 Å². The lowest BCUT2D eigenvalue weighted by Crippen LogP contribution is -2.67. The fourth-order valence-electron chi connectivity index (χ4n) is 1.91. The Morgan fingerprint density at radius 2 is 1.43 bits per heavy atom.